The third-order valence-corrected chi connectivity index (χ3v) is 6.57. The van der Waals surface area contributed by atoms with E-state index in [-0.39, 0.29) is 53.6 Å². The molecule has 0 radical (unpaired) electrons. The molecule has 0 unspecified atom stereocenters. The van der Waals surface area contributed by atoms with Crippen LogP contribution in [0.4, 0.5) is 13.2 Å². The molecule has 4 atom stereocenters. The smallest absolute Gasteiger partial charge is 0.390 e. The number of nitrogens with one attached hydrogen (secondary N) is 1. The molecule has 2 N–H and O–H groups in total. The van der Waals surface area contributed by atoms with Crippen molar-refractivity contribution in [3.8, 4) is 11.5 Å². The monoisotopic (exact) mass is 526 g/mol. The van der Waals surface area contributed by atoms with Crippen LogP contribution in [0.15, 0.2) is 54.6 Å². The van der Waals surface area contributed by atoms with Crippen LogP contribution in [0.5, 0.6) is 11.5 Å². The van der Waals surface area contributed by atoms with Crippen LogP contribution < -0.4 is 10.1 Å². The summed E-state index contributed by atoms with van der Waals surface area (Å²) in [5.41, 5.74) is 0.922. The van der Waals surface area contributed by atoms with Crippen LogP contribution in [0, 0.1) is 0 Å². The lowest BCUT2D eigenvalue weighted by atomic mass is 9.94. The lowest BCUT2D eigenvalue weighted by molar-refractivity contribution is -0.169. The lowest BCUT2D eigenvalue weighted by Gasteiger charge is -2.44. The fourth-order valence-corrected chi connectivity index (χ4v) is 4.75. The van der Waals surface area contributed by atoms with Gasteiger partial charge >= 0.3 is 6.18 Å². The fraction of sp³-hybridized carbons (Fsp3) is 0.519. The summed E-state index contributed by atoms with van der Waals surface area (Å²) in [4.78, 5) is 14.2. The molecule has 0 bridgehead atoms. The normalized spacial score (nSPS) is 25.0. The minimum absolute atomic E-state index is 0. The van der Waals surface area contributed by atoms with Gasteiger partial charge in [-0.3, -0.25) is 9.69 Å². The number of β-amino-alcohol motifs (C(OH)–C–C–N with tert-alkyl or cyclic N) is 1. The number of rotatable bonds is 8. The van der Waals surface area contributed by atoms with Crippen LogP contribution in [0.2, 0.25) is 0 Å². The highest BCUT2D eigenvalue weighted by Crippen LogP contribution is 2.29. The maximum absolute atomic E-state index is 12.8. The van der Waals surface area contributed by atoms with Crippen molar-refractivity contribution >= 4 is 5.91 Å². The molecule has 10 heteroatoms. The molecular weight excluding hydrogens is 489 g/mol. The second-order valence-electron chi connectivity index (χ2n) is 9.53. The van der Waals surface area contributed by atoms with Gasteiger partial charge in [0.05, 0.1) is 44.4 Å². The fourth-order valence-electron chi connectivity index (χ4n) is 4.75. The standard InChI is InChI=1S/C27H33F3N2O5.2H2/c28-27(29,30)12-13-32-16-20(33)17-35-18-25-24(32)11-10-23(37-25)14-26(34)31-15-19-6-8-22(9-7-19)36-21-4-2-1-3-5-21;;/h1-9,20,23-25,33H,10-18H2,(H,31,34);2*1H/t20-,23-,24+,25-;;/m0../s1. The molecule has 206 valence electrons. The molecular formula is C27H37F3N2O5. The number of carbonyl (C=O) groups excluding carboxylic acids is 1. The summed E-state index contributed by atoms with van der Waals surface area (Å²) in [5.74, 6) is 1.28. The number of hydrogen-bond donors (Lipinski definition) is 2. The number of halogens is 3. The minimum Gasteiger partial charge on any atom is -0.457 e. The second-order valence-corrected chi connectivity index (χ2v) is 9.53. The molecule has 7 nitrogen and oxygen atoms in total. The second kappa shape index (κ2) is 12.7. The maximum Gasteiger partial charge on any atom is 0.390 e. The summed E-state index contributed by atoms with van der Waals surface area (Å²) in [5, 5.41) is 13.0. The number of nitrogens with zero attached hydrogens (tertiary/aromatic N) is 1. The topological polar surface area (TPSA) is 80.3 Å². The Bertz CT molecular complexity index is 1000. The van der Waals surface area contributed by atoms with Gasteiger partial charge in [0.15, 0.2) is 0 Å². The molecule has 0 aromatic heterocycles. The van der Waals surface area contributed by atoms with Gasteiger partial charge in [-0.1, -0.05) is 30.3 Å². The lowest BCUT2D eigenvalue weighted by Crippen LogP contribution is -2.56. The van der Waals surface area contributed by atoms with Gasteiger partial charge < -0.3 is 24.6 Å². The van der Waals surface area contributed by atoms with E-state index in [1.165, 1.54) is 0 Å². The van der Waals surface area contributed by atoms with Crippen molar-refractivity contribution in [3.63, 3.8) is 0 Å². The van der Waals surface area contributed by atoms with Gasteiger partial charge in [-0.05, 0) is 42.7 Å². The van der Waals surface area contributed by atoms with E-state index in [2.05, 4.69) is 5.32 Å². The van der Waals surface area contributed by atoms with Crippen LogP contribution in [-0.2, 0) is 20.8 Å². The Morgan fingerprint density at radius 1 is 1.08 bits per heavy atom. The molecule has 0 saturated carbocycles. The average Bonchev–Trinajstić information content (AvgIpc) is 2.85. The van der Waals surface area contributed by atoms with Crippen LogP contribution in [0.25, 0.3) is 0 Å². The Morgan fingerprint density at radius 3 is 2.54 bits per heavy atom. The number of para-hydroxylation sites is 1. The SMILES string of the molecule is O=C(C[C@@H]1CC[C@@H]2[C@H](COC[C@@H](O)CN2CCC(F)(F)F)O1)NCc1ccc(Oc2ccccc2)cc1.[HH].[HH]. The zero-order valence-corrected chi connectivity index (χ0v) is 20.5. The third-order valence-electron chi connectivity index (χ3n) is 6.57. The molecule has 2 heterocycles. The summed E-state index contributed by atoms with van der Waals surface area (Å²) in [7, 11) is 0. The number of amides is 1. The Balaban J connectivity index is 0.00000267. The van der Waals surface area contributed by atoms with E-state index in [0.717, 1.165) is 11.3 Å². The van der Waals surface area contributed by atoms with Gasteiger partial charge in [-0.2, -0.15) is 13.2 Å². The predicted molar refractivity (Wildman–Crippen MR) is 134 cm³/mol. The molecule has 2 aliphatic rings. The van der Waals surface area contributed by atoms with E-state index in [4.69, 9.17) is 14.2 Å². The predicted octanol–water partition coefficient (Wildman–Crippen LogP) is 4.54. The first-order chi connectivity index (χ1) is 17.7. The van der Waals surface area contributed by atoms with Crippen molar-refractivity contribution in [1.29, 1.82) is 0 Å². The molecule has 0 spiro atoms. The van der Waals surface area contributed by atoms with Crippen molar-refractivity contribution in [2.75, 3.05) is 26.3 Å². The highest BCUT2D eigenvalue weighted by molar-refractivity contribution is 5.76. The summed E-state index contributed by atoms with van der Waals surface area (Å²) in [6, 6.07) is 16.6. The molecule has 2 fully saturated rings. The first kappa shape index (κ1) is 27.4. The van der Waals surface area contributed by atoms with Crippen LogP contribution >= 0.6 is 0 Å². The molecule has 37 heavy (non-hydrogen) atoms. The molecule has 4 rings (SSSR count). The molecule has 2 aromatic carbocycles. The number of fused-ring (bicyclic) bond motifs is 1. The number of benzene rings is 2. The average molecular weight is 527 g/mol. The highest BCUT2D eigenvalue weighted by Gasteiger charge is 2.39. The van der Waals surface area contributed by atoms with E-state index < -0.39 is 24.8 Å². The van der Waals surface area contributed by atoms with Crippen LogP contribution in [-0.4, -0.2) is 72.7 Å². The zero-order chi connectivity index (χ0) is 26.3. The Labute approximate surface area is 217 Å². The summed E-state index contributed by atoms with van der Waals surface area (Å²) in [6.07, 6.45) is -5.61. The van der Waals surface area contributed by atoms with Crippen molar-refractivity contribution < 1.29 is 40.1 Å². The number of aliphatic hydroxyl groups excluding tert-OH is 1. The van der Waals surface area contributed by atoms with E-state index in [0.29, 0.717) is 25.1 Å². The highest BCUT2D eigenvalue weighted by atomic mass is 19.4. The summed E-state index contributed by atoms with van der Waals surface area (Å²) < 4.78 is 55.9. The van der Waals surface area contributed by atoms with Gasteiger partial charge in [0, 0.05) is 28.5 Å². The van der Waals surface area contributed by atoms with Gasteiger partial charge in [0.2, 0.25) is 5.91 Å². The van der Waals surface area contributed by atoms with Crippen LogP contribution in [0.3, 0.4) is 0 Å². The summed E-state index contributed by atoms with van der Waals surface area (Å²) in [6.45, 7) is 0.455. The third kappa shape index (κ3) is 8.70. The Kier molecular flexibility index (Phi) is 9.42. The van der Waals surface area contributed by atoms with E-state index in [9.17, 15) is 23.1 Å². The molecule has 2 aliphatic heterocycles. The molecule has 2 aromatic rings. The summed E-state index contributed by atoms with van der Waals surface area (Å²) >= 11 is 0. The molecule has 1 amide bonds. The van der Waals surface area contributed by atoms with Crippen molar-refractivity contribution in [3.05, 3.63) is 60.2 Å². The first-order valence-corrected chi connectivity index (χ1v) is 12.6. The number of carbonyl (C=O) groups is 1. The van der Waals surface area contributed by atoms with Crippen molar-refractivity contribution in [2.24, 2.45) is 0 Å². The number of hydrogen-bond acceptors (Lipinski definition) is 6. The largest absolute Gasteiger partial charge is 0.457 e. The van der Waals surface area contributed by atoms with E-state index in [1.807, 2.05) is 54.6 Å². The van der Waals surface area contributed by atoms with Crippen LogP contribution in [0.1, 0.15) is 34.1 Å². The number of aliphatic hydroxyl groups is 1. The number of ether oxygens (including phenoxy) is 3. The molecule has 2 saturated heterocycles. The molecule has 0 aliphatic carbocycles. The van der Waals surface area contributed by atoms with Gasteiger partial charge in [0.25, 0.3) is 0 Å². The number of alkyl halides is 3. The van der Waals surface area contributed by atoms with E-state index in [1.54, 1.807) is 4.90 Å². The first-order valence-electron chi connectivity index (χ1n) is 12.6. The zero-order valence-electron chi connectivity index (χ0n) is 20.5. The van der Waals surface area contributed by atoms with Crippen molar-refractivity contribution in [1.82, 2.24) is 10.2 Å². The van der Waals surface area contributed by atoms with E-state index >= 15 is 0 Å². The minimum atomic E-state index is -4.27. The Hall–Kier alpha value is -2.66. The van der Waals surface area contributed by atoms with Gasteiger partial charge in [-0.25, -0.2) is 0 Å². The quantitative estimate of drug-likeness (QED) is 0.526. The van der Waals surface area contributed by atoms with Crippen molar-refractivity contribution in [2.45, 2.75) is 62.8 Å². The Morgan fingerprint density at radius 2 is 1.81 bits per heavy atom. The maximum atomic E-state index is 12.8. The van der Waals surface area contributed by atoms with Gasteiger partial charge in [0.1, 0.15) is 11.5 Å². The van der Waals surface area contributed by atoms with Gasteiger partial charge in [-0.15, -0.1) is 0 Å².